The fourth-order valence-electron chi connectivity index (χ4n) is 3.58. The standard InChI is InChI=1S/C23H22ClN3O2S2/c1-2-3-12-27-22(29)20(21(28)26-23(27)30)17-13-19(14-8-10-15(24)11-9-14)31-18-7-5-4-6-16(18)25-17/h4-11,19,29H,2-3,12-13H2,1H3,(H,26,28,30). The second kappa shape index (κ2) is 9.42. The fraction of sp³-hybridized carbons (Fsp3) is 0.261. The number of H-pyrrole nitrogens is 1. The molecule has 2 N–H and O–H groups in total. The van der Waals surface area contributed by atoms with Crippen LogP contribution < -0.4 is 5.56 Å². The topological polar surface area (TPSA) is 70.4 Å². The summed E-state index contributed by atoms with van der Waals surface area (Å²) in [5, 5.41) is 11.7. The zero-order valence-electron chi connectivity index (χ0n) is 17.0. The number of hydrogen-bond donors (Lipinski definition) is 2. The van der Waals surface area contributed by atoms with Gasteiger partial charge in [0, 0.05) is 28.1 Å². The number of aromatic amines is 1. The SMILES string of the molecule is CCCCn1c(O)c(C2=Nc3ccccc3SC(c3ccc(Cl)cc3)C2)c(=O)[nH]c1=S. The number of thioether (sulfide) groups is 1. The van der Waals surface area contributed by atoms with Crippen LogP contribution in [0.3, 0.4) is 0 Å². The number of rotatable bonds is 5. The van der Waals surface area contributed by atoms with Crippen molar-refractivity contribution in [1.29, 1.82) is 0 Å². The van der Waals surface area contributed by atoms with Gasteiger partial charge in [-0.25, -0.2) is 0 Å². The van der Waals surface area contributed by atoms with Gasteiger partial charge in [0.1, 0.15) is 5.56 Å². The Morgan fingerprint density at radius 3 is 2.74 bits per heavy atom. The number of nitrogens with zero attached hydrogens (tertiary/aromatic N) is 2. The molecule has 2 heterocycles. The summed E-state index contributed by atoms with van der Waals surface area (Å²) in [7, 11) is 0. The lowest BCUT2D eigenvalue weighted by molar-refractivity contribution is 0.398. The van der Waals surface area contributed by atoms with E-state index < -0.39 is 5.56 Å². The largest absolute Gasteiger partial charge is 0.494 e. The smallest absolute Gasteiger partial charge is 0.264 e. The number of benzene rings is 2. The third kappa shape index (κ3) is 4.63. The van der Waals surface area contributed by atoms with E-state index in [0.717, 1.165) is 29.0 Å². The van der Waals surface area contributed by atoms with Crippen molar-refractivity contribution >= 4 is 47.0 Å². The van der Waals surface area contributed by atoms with Crippen molar-refractivity contribution in [3.8, 4) is 5.88 Å². The van der Waals surface area contributed by atoms with E-state index in [2.05, 4.69) is 11.9 Å². The van der Waals surface area contributed by atoms with E-state index in [-0.39, 0.29) is 21.5 Å². The van der Waals surface area contributed by atoms with Crippen molar-refractivity contribution < 1.29 is 5.11 Å². The number of aromatic hydroxyl groups is 1. The van der Waals surface area contributed by atoms with E-state index in [1.54, 1.807) is 16.3 Å². The van der Waals surface area contributed by atoms with Crippen LogP contribution in [0.15, 0.2) is 63.2 Å². The minimum atomic E-state index is -0.423. The Bertz CT molecular complexity index is 1250. The predicted octanol–water partition coefficient (Wildman–Crippen LogP) is 6.42. The summed E-state index contributed by atoms with van der Waals surface area (Å²) in [6.07, 6.45) is 2.26. The zero-order valence-corrected chi connectivity index (χ0v) is 19.4. The van der Waals surface area contributed by atoms with E-state index in [1.165, 1.54) is 0 Å². The second-order valence-electron chi connectivity index (χ2n) is 7.35. The lowest BCUT2D eigenvalue weighted by Crippen LogP contribution is -2.24. The molecular formula is C23H22ClN3O2S2. The number of fused-ring (bicyclic) bond motifs is 1. The van der Waals surface area contributed by atoms with Crippen molar-refractivity contribution in [2.24, 2.45) is 4.99 Å². The molecule has 0 saturated heterocycles. The van der Waals surface area contributed by atoms with E-state index in [1.807, 2.05) is 48.5 Å². The van der Waals surface area contributed by atoms with Gasteiger partial charge < -0.3 is 5.11 Å². The summed E-state index contributed by atoms with van der Waals surface area (Å²) in [5.74, 6) is -0.125. The maximum absolute atomic E-state index is 12.9. The Labute approximate surface area is 194 Å². The van der Waals surface area contributed by atoms with E-state index in [0.29, 0.717) is 23.7 Å². The van der Waals surface area contributed by atoms with E-state index >= 15 is 0 Å². The molecule has 0 fully saturated rings. The summed E-state index contributed by atoms with van der Waals surface area (Å²) in [6, 6.07) is 15.5. The summed E-state index contributed by atoms with van der Waals surface area (Å²) in [4.78, 5) is 21.5. The van der Waals surface area contributed by atoms with Gasteiger partial charge in [0.25, 0.3) is 5.56 Å². The van der Waals surface area contributed by atoms with Crippen molar-refractivity contribution in [2.45, 2.75) is 42.9 Å². The van der Waals surface area contributed by atoms with Crippen molar-refractivity contribution in [2.75, 3.05) is 0 Å². The molecule has 1 aliphatic heterocycles. The minimum Gasteiger partial charge on any atom is -0.494 e. The van der Waals surface area contributed by atoms with Crippen molar-refractivity contribution in [3.05, 3.63) is 79.8 Å². The predicted molar refractivity (Wildman–Crippen MR) is 130 cm³/mol. The van der Waals surface area contributed by atoms with Gasteiger partial charge in [-0.1, -0.05) is 49.2 Å². The first-order valence-electron chi connectivity index (χ1n) is 10.1. The number of hydrogen-bond acceptors (Lipinski definition) is 5. The molecule has 31 heavy (non-hydrogen) atoms. The first kappa shape index (κ1) is 21.9. The van der Waals surface area contributed by atoms with Gasteiger partial charge in [0.05, 0.1) is 11.4 Å². The molecule has 0 spiro atoms. The van der Waals surface area contributed by atoms with Crippen LogP contribution in [0.2, 0.25) is 5.02 Å². The molecule has 160 valence electrons. The number of nitrogens with one attached hydrogen (secondary N) is 1. The normalized spacial score (nSPS) is 15.8. The van der Waals surface area contributed by atoms with Gasteiger partial charge in [-0.2, -0.15) is 0 Å². The molecule has 4 rings (SSSR count). The lowest BCUT2D eigenvalue weighted by Gasteiger charge is -2.17. The lowest BCUT2D eigenvalue weighted by atomic mass is 10.0. The summed E-state index contributed by atoms with van der Waals surface area (Å²) < 4.78 is 1.80. The van der Waals surface area contributed by atoms with Crippen LogP contribution >= 0.6 is 35.6 Å². The Balaban J connectivity index is 1.87. The maximum Gasteiger partial charge on any atom is 0.264 e. The van der Waals surface area contributed by atoms with Gasteiger partial charge in [-0.15, -0.1) is 11.8 Å². The number of aliphatic imine (C=N–C) groups is 1. The fourth-order valence-corrected chi connectivity index (χ4v) is 5.20. The summed E-state index contributed by atoms with van der Waals surface area (Å²) in [6.45, 7) is 2.59. The molecule has 3 aromatic rings. The molecular weight excluding hydrogens is 450 g/mol. The molecule has 1 aromatic heterocycles. The molecule has 8 heteroatoms. The first-order valence-corrected chi connectivity index (χ1v) is 11.8. The highest BCUT2D eigenvalue weighted by molar-refractivity contribution is 7.99. The van der Waals surface area contributed by atoms with Gasteiger partial charge in [-0.3, -0.25) is 19.3 Å². The third-order valence-electron chi connectivity index (χ3n) is 5.21. The van der Waals surface area contributed by atoms with Crippen molar-refractivity contribution in [1.82, 2.24) is 9.55 Å². The van der Waals surface area contributed by atoms with E-state index in [4.69, 9.17) is 28.8 Å². The van der Waals surface area contributed by atoms with Crippen LogP contribution in [0.1, 0.15) is 42.6 Å². The highest BCUT2D eigenvalue weighted by Crippen LogP contribution is 2.45. The average Bonchev–Trinajstić information content (AvgIpc) is 2.93. The molecule has 1 atom stereocenters. The van der Waals surface area contributed by atoms with Gasteiger partial charge >= 0.3 is 0 Å². The molecule has 5 nitrogen and oxygen atoms in total. The molecule has 0 bridgehead atoms. The first-order chi connectivity index (χ1) is 15.0. The van der Waals surface area contributed by atoms with Crippen molar-refractivity contribution in [3.63, 3.8) is 0 Å². The highest BCUT2D eigenvalue weighted by Gasteiger charge is 2.26. The molecule has 0 aliphatic carbocycles. The second-order valence-corrected chi connectivity index (χ2v) is 9.42. The summed E-state index contributed by atoms with van der Waals surface area (Å²) in [5.41, 5.74) is 2.15. The van der Waals surface area contributed by atoms with Crippen LogP contribution in [-0.4, -0.2) is 20.4 Å². The van der Waals surface area contributed by atoms with Gasteiger partial charge in [0.2, 0.25) is 5.88 Å². The maximum atomic E-state index is 12.9. The number of aromatic nitrogens is 2. The molecule has 2 aromatic carbocycles. The monoisotopic (exact) mass is 471 g/mol. The van der Waals surface area contributed by atoms with Crippen LogP contribution in [-0.2, 0) is 6.54 Å². The Hall–Kier alpha value is -2.35. The van der Waals surface area contributed by atoms with Gasteiger partial charge in [0.15, 0.2) is 4.77 Å². The molecule has 0 radical (unpaired) electrons. The summed E-state index contributed by atoms with van der Waals surface area (Å²) >= 11 is 13.1. The quantitative estimate of drug-likeness (QED) is 0.421. The molecule has 1 aliphatic rings. The van der Waals surface area contributed by atoms with E-state index in [9.17, 15) is 9.90 Å². The molecule has 1 unspecified atom stereocenters. The molecule has 0 amide bonds. The third-order valence-corrected chi connectivity index (χ3v) is 7.10. The van der Waals surface area contributed by atoms with Crippen LogP contribution in [0.25, 0.3) is 0 Å². The minimum absolute atomic E-state index is 0.00531. The molecule has 0 saturated carbocycles. The zero-order chi connectivity index (χ0) is 22.0. The highest BCUT2D eigenvalue weighted by atomic mass is 35.5. The van der Waals surface area contributed by atoms with Crippen LogP contribution in [0.5, 0.6) is 5.88 Å². The number of para-hydroxylation sites is 1. The van der Waals surface area contributed by atoms with Gasteiger partial charge in [-0.05, 0) is 48.5 Å². The number of unbranched alkanes of at least 4 members (excludes halogenated alkanes) is 1. The number of halogens is 1. The van der Waals surface area contributed by atoms with Crippen LogP contribution in [0.4, 0.5) is 5.69 Å². The Morgan fingerprint density at radius 1 is 1.26 bits per heavy atom. The Morgan fingerprint density at radius 2 is 2.00 bits per heavy atom. The Kier molecular flexibility index (Phi) is 6.65. The van der Waals surface area contributed by atoms with Crippen LogP contribution in [0, 0.1) is 4.77 Å². The average molecular weight is 472 g/mol.